The Bertz CT molecular complexity index is 991. The second-order valence-corrected chi connectivity index (χ2v) is 8.97. The number of ether oxygens (including phenoxy) is 3. The number of nitrogens with zero attached hydrogens (tertiary/aromatic N) is 1. The summed E-state index contributed by atoms with van der Waals surface area (Å²) in [7, 11) is -0.887. The van der Waals surface area contributed by atoms with Gasteiger partial charge in [0, 0.05) is 37.8 Å². The maximum absolute atomic E-state index is 12.4. The minimum absolute atomic E-state index is 0.00251. The number of benzene rings is 1. The number of rotatable bonds is 12. The van der Waals surface area contributed by atoms with E-state index in [1.807, 2.05) is 6.07 Å². The van der Waals surface area contributed by atoms with Crippen LogP contribution < -0.4 is 24.2 Å². The van der Waals surface area contributed by atoms with Crippen molar-refractivity contribution in [3.63, 3.8) is 0 Å². The van der Waals surface area contributed by atoms with E-state index in [9.17, 15) is 13.2 Å². The van der Waals surface area contributed by atoms with E-state index in [4.69, 9.17) is 14.2 Å². The first-order valence-corrected chi connectivity index (χ1v) is 11.5. The highest BCUT2D eigenvalue weighted by Crippen LogP contribution is 2.30. The van der Waals surface area contributed by atoms with Gasteiger partial charge in [0.25, 0.3) is 0 Å². The Kier molecular flexibility index (Phi) is 7.69. The molecule has 1 aliphatic carbocycles. The van der Waals surface area contributed by atoms with Crippen LogP contribution in [0.1, 0.15) is 24.8 Å². The minimum atomic E-state index is -3.78. The van der Waals surface area contributed by atoms with Gasteiger partial charge >= 0.3 is 0 Å². The molecule has 1 fully saturated rings. The number of nitrogens with one attached hydrogen (secondary N) is 2. The van der Waals surface area contributed by atoms with Crippen molar-refractivity contribution in [1.29, 1.82) is 0 Å². The van der Waals surface area contributed by atoms with Crippen molar-refractivity contribution < 1.29 is 27.4 Å². The minimum Gasteiger partial charge on any atom is -0.493 e. The van der Waals surface area contributed by atoms with Crippen molar-refractivity contribution in [3.05, 3.63) is 42.1 Å². The van der Waals surface area contributed by atoms with Crippen LogP contribution in [0, 0.1) is 5.92 Å². The number of hydrogen-bond acceptors (Lipinski definition) is 7. The topological polar surface area (TPSA) is 116 Å². The molecule has 0 radical (unpaired) electrons. The summed E-state index contributed by atoms with van der Waals surface area (Å²) < 4.78 is 43.1. The molecule has 0 atom stereocenters. The molecule has 2 N–H and O–H groups in total. The van der Waals surface area contributed by atoms with Crippen LogP contribution in [0.3, 0.4) is 0 Å². The van der Waals surface area contributed by atoms with E-state index < -0.39 is 10.0 Å². The Labute approximate surface area is 182 Å². The summed E-state index contributed by atoms with van der Waals surface area (Å²) in [5.41, 5.74) is 0.832. The van der Waals surface area contributed by atoms with Crippen LogP contribution in [0.25, 0.3) is 0 Å². The van der Waals surface area contributed by atoms with Crippen LogP contribution in [0.4, 0.5) is 0 Å². The average Bonchev–Trinajstić information content (AvgIpc) is 3.61. The van der Waals surface area contributed by atoms with Gasteiger partial charge in [-0.15, -0.1) is 0 Å². The lowest BCUT2D eigenvalue weighted by Gasteiger charge is -2.11. The number of pyridine rings is 1. The zero-order valence-corrected chi connectivity index (χ0v) is 18.4. The Morgan fingerprint density at radius 3 is 2.55 bits per heavy atom. The summed E-state index contributed by atoms with van der Waals surface area (Å²) in [6, 6.07) is 7.91. The Morgan fingerprint density at radius 1 is 1.13 bits per heavy atom. The van der Waals surface area contributed by atoms with E-state index in [-0.39, 0.29) is 23.8 Å². The van der Waals surface area contributed by atoms with Gasteiger partial charge in [0.2, 0.25) is 21.8 Å². The summed E-state index contributed by atoms with van der Waals surface area (Å²) in [6.45, 7) is 0.966. The van der Waals surface area contributed by atoms with E-state index in [0.29, 0.717) is 36.4 Å². The SMILES string of the molecule is COc1ccc(S(=O)(=O)NCCC(=O)NCc2ccc(OCC3CC3)nc2)cc1OC. The van der Waals surface area contributed by atoms with E-state index in [0.717, 1.165) is 5.56 Å². The Hall–Kier alpha value is -2.85. The fourth-order valence-corrected chi connectivity index (χ4v) is 3.79. The van der Waals surface area contributed by atoms with Gasteiger partial charge in [0.15, 0.2) is 11.5 Å². The lowest BCUT2D eigenvalue weighted by atomic mass is 10.3. The van der Waals surface area contributed by atoms with Gasteiger partial charge in [-0.25, -0.2) is 18.1 Å². The Morgan fingerprint density at radius 2 is 1.90 bits per heavy atom. The largest absolute Gasteiger partial charge is 0.493 e. The third-order valence-electron chi connectivity index (χ3n) is 4.76. The number of sulfonamides is 1. The van der Waals surface area contributed by atoms with Crippen LogP contribution in [0.5, 0.6) is 17.4 Å². The first kappa shape index (κ1) is 22.8. The van der Waals surface area contributed by atoms with Crippen molar-refractivity contribution in [2.24, 2.45) is 5.92 Å². The molecule has 3 rings (SSSR count). The molecule has 0 saturated heterocycles. The van der Waals surface area contributed by atoms with Crippen LogP contribution in [0.2, 0.25) is 0 Å². The zero-order chi connectivity index (χ0) is 22.3. The van der Waals surface area contributed by atoms with Crippen molar-refractivity contribution in [3.8, 4) is 17.4 Å². The molecule has 2 aromatic rings. The number of aromatic nitrogens is 1. The molecule has 9 nitrogen and oxygen atoms in total. The van der Waals surface area contributed by atoms with Crippen LogP contribution in [-0.4, -0.2) is 46.7 Å². The maximum atomic E-state index is 12.4. The number of amides is 1. The number of carbonyl (C=O) groups is 1. The first-order valence-electron chi connectivity index (χ1n) is 9.97. The summed E-state index contributed by atoms with van der Waals surface area (Å²) >= 11 is 0. The van der Waals surface area contributed by atoms with Gasteiger partial charge < -0.3 is 19.5 Å². The highest BCUT2D eigenvalue weighted by Gasteiger charge is 2.22. The third-order valence-corrected chi connectivity index (χ3v) is 6.22. The lowest BCUT2D eigenvalue weighted by molar-refractivity contribution is -0.121. The van der Waals surface area contributed by atoms with E-state index >= 15 is 0 Å². The van der Waals surface area contributed by atoms with Gasteiger partial charge in [0.05, 0.1) is 25.7 Å². The highest BCUT2D eigenvalue weighted by atomic mass is 32.2. The summed E-state index contributed by atoms with van der Waals surface area (Å²) in [4.78, 5) is 16.3. The predicted molar refractivity (Wildman–Crippen MR) is 114 cm³/mol. The molecule has 168 valence electrons. The number of carbonyl (C=O) groups excluding carboxylic acids is 1. The lowest BCUT2D eigenvalue weighted by Crippen LogP contribution is -2.30. The van der Waals surface area contributed by atoms with Crippen molar-refractivity contribution in [2.45, 2.75) is 30.7 Å². The van der Waals surface area contributed by atoms with E-state index in [1.54, 1.807) is 12.3 Å². The fourth-order valence-electron chi connectivity index (χ4n) is 2.74. The van der Waals surface area contributed by atoms with E-state index in [1.165, 1.54) is 45.3 Å². The molecule has 1 aliphatic rings. The number of methoxy groups -OCH3 is 2. The first-order chi connectivity index (χ1) is 14.9. The zero-order valence-electron chi connectivity index (χ0n) is 17.6. The molecular formula is C21H27N3O6S. The van der Waals surface area contributed by atoms with Gasteiger partial charge in [-0.3, -0.25) is 4.79 Å². The van der Waals surface area contributed by atoms with Crippen LogP contribution in [-0.2, 0) is 21.4 Å². The molecule has 31 heavy (non-hydrogen) atoms. The smallest absolute Gasteiger partial charge is 0.240 e. The molecule has 1 aromatic carbocycles. The Balaban J connectivity index is 1.42. The molecule has 1 heterocycles. The third kappa shape index (κ3) is 6.83. The molecule has 0 aliphatic heterocycles. The highest BCUT2D eigenvalue weighted by molar-refractivity contribution is 7.89. The van der Waals surface area contributed by atoms with Crippen molar-refractivity contribution >= 4 is 15.9 Å². The van der Waals surface area contributed by atoms with Crippen LogP contribution in [0.15, 0.2) is 41.4 Å². The molecule has 10 heteroatoms. The van der Waals surface area contributed by atoms with Gasteiger partial charge in [-0.2, -0.15) is 0 Å². The molecule has 0 unspecified atom stereocenters. The van der Waals surface area contributed by atoms with E-state index in [2.05, 4.69) is 15.0 Å². The molecular weight excluding hydrogens is 422 g/mol. The molecule has 0 bridgehead atoms. The van der Waals surface area contributed by atoms with Gasteiger partial charge in [-0.1, -0.05) is 6.07 Å². The molecule has 1 amide bonds. The quantitative estimate of drug-likeness (QED) is 0.508. The monoisotopic (exact) mass is 449 g/mol. The van der Waals surface area contributed by atoms with Crippen molar-refractivity contribution in [2.75, 3.05) is 27.4 Å². The summed E-state index contributed by atoms with van der Waals surface area (Å²) in [5, 5.41) is 2.75. The maximum Gasteiger partial charge on any atom is 0.240 e. The predicted octanol–water partition coefficient (Wildman–Crippen LogP) is 1.87. The molecule has 1 saturated carbocycles. The second kappa shape index (κ2) is 10.5. The van der Waals surface area contributed by atoms with Gasteiger partial charge in [0.1, 0.15) is 0 Å². The summed E-state index contributed by atoms with van der Waals surface area (Å²) in [5.74, 6) is 1.69. The normalized spacial score (nSPS) is 13.5. The number of hydrogen-bond donors (Lipinski definition) is 2. The molecule has 0 spiro atoms. The fraction of sp³-hybridized carbons (Fsp3) is 0.429. The van der Waals surface area contributed by atoms with Crippen LogP contribution >= 0.6 is 0 Å². The van der Waals surface area contributed by atoms with Crippen molar-refractivity contribution in [1.82, 2.24) is 15.0 Å². The standard InChI is InChI=1S/C21H27N3O6S/c1-28-18-7-6-17(11-19(18)29-2)31(26,27)24-10-9-20(25)22-12-16-5-8-21(23-13-16)30-14-15-3-4-15/h5-8,11,13,15,24H,3-4,9-10,12,14H2,1-2H3,(H,22,25). The summed E-state index contributed by atoms with van der Waals surface area (Å²) in [6.07, 6.45) is 4.09. The second-order valence-electron chi connectivity index (χ2n) is 7.20. The molecule has 1 aromatic heterocycles. The average molecular weight is 450 g/mol. The van der Waals surface area contributed by atoms with Gasteiger partial charge in [-0.05, 0) is 36.5 Å².